The van der Waals surface area contributed by atoms with Crippen LogP contribution in [0.3, 0.4) is 0 Å². The number of ether oxygens (including phenoxy) is 1. The van der Waals surface area contributed by atoms with Crippen molar-refractivity contribution >= 4 is 54.2 Å². The fraction of sp³-hybridized carbons (Fsp3) is 0.0588. The lowest BCUT2D eigenvalue weighted by molar-refractivity contribution is -0.123. The Morgan fingerprint density at radius 3 is 2.25 bits per heavy atom. The van der Waals surface area contributed by atoms with Crippen LogP contribution in [-0.4, -0.2) is 10.9 Å². The minimum Gasteiger partial charge on any atom is -0.476 e. The van der Waals surface area contributed by atoms with E-state index in [1.165, 1.54) is 11.3 Å². The quantitative estimate of drug-likeness (QED) is 0.544. The van der Waals surface area contributed by atoms with Gasteiger partial charge in [0.05, 0.1) is 0 Å². The molecule has 0 saturated carbocycles. The molecule has 1 amide bonds. The molecule has 2 aromatic carbocycles. The lowest BCUT2D eigenvalue weighted by Crippen LogP contribution is -2.25. The summed E-state index contributed by atoms with van der Waals surface area (Å²) in [6, 6.07) is 14.8. The average molecular weight is 468 g/mol. The highest BCUT2D eigenvalue weighted by molar-refractivity contribution is 9.10. The number of hydrogen-bond acceptors (Lipinski definition) is 4. The van der Waals surface area contributed by atoms with Crippen molar-refractivity contribution in [1.82, 2.24) is 4.98 Å². The number of thiazole rings is 1. The lowest BCUT2D eigenvalue weighted by Gasteiger charge is -2.18. The molecule has 0 aliphatic heterocycles. The maximum Gasteiger partial charge on any atom is 0.271 e. The number of carbonyl (C=O) groups is 1. The molecule has 1 unspecified atom stereocenters. The Labute approximate surface area is 160 Å². The zero-order valence-electron chi connectivity index (χ0n) is 12.3. The number of nitrogens with zero attached hydrogens (tertiary/aromatic N) is 1. The molecule has 122 valence electrons. The summed E-state index contributed by atoms with van der Waals surface area (Å²) in [5.41, 5.74) is 0.759. The van der Waals surface area contributed by atoms with Gasteiger partial charge in [0.2, 0.25) is 6.10 Å². The third-order valence-electron chi connectivity index (χ3n) is 3.14. The Balaban J connectivity index is 1.86. The van der Waals surface area contributed by atoms with Gasteiger partial charge in [-0.1, -0.05) is 44.0 Å². The minimum absolute atomic E-state index is 0.268. The first-order valence-electron chi connectivity index (χ1n) is 7.00. The SMILES string of the molecule is O=C(Nc1nccs1)C(Oc1ccc(Br)cc1)c1ccc(Br)cc1. The predicted molar refractivity (Wildman–Crippen MR) is 102 cm³/mol. The number of carbonyl (C=O) groups excluding carboxylic acids is 1. The molecule has 0 aliphatic carbocycles. The number of halogens is 2. The van der Waals surface area contributed by atoms with Crippen LogP contribution >= 0.6 is 43.2 Å². The third-order valence-corrected chi connectivity index (χ3v) is 4.89. The Morgan fingerprint density at radius 1 is 1.04 bits per heavy atom. The van der Waals surface area contributed by atoms with Crippen LogP contribution < -0.4 is 10.1 Å². The molecule has 0 radical (unpaired) electrons. The highest BCUT2D eigenvalue weighted by Crippen LogP contribution is 2.26. The summed E-state index contributed by atoms with van der Waals surface area (Å²) in [6.07, 6.45) is 0.869. The smallest absolute Gasteiger partial charge is 0.271 e. The summed E-state index contributed by atoms with van der Waals surface area (Å²) in [5.74, 6) is 0.343. The number of nitrogens with one attached hydrogen (secondary N) is 1. The lowest BCUT2D eigenvalue weighted by atomic mass is 10.1. The molecule has 4 nitrogen and oxygen atoms in total. The van der Waals surface area contributed by atoms with Gasteiger partial charge in [0, 0.05) is 26.1 Å². The Morgan fingerprint density at radius 2 is 1.67 bits per heavy atom. The molecule has 0 aliphatic rings. The monoisotopic (exact) mass is 466 g/mol. The number of hydrogen-bond donors (Lipinski definition) is 1. The Bertz CT molecular complexity index is 806. The van der Waals surface area contributed by atoms with Crippen LogP contribution in [0, 0.1) is 0 Å². The summed E-state index contributed by atoms with van der Waals surface area (Å²) >= 11 is 8.15. The van der Waals surface area contributed by atoms with Gasteiger partial charge in [0.25, 0.3) is 5.91 Å². The number of anilines is 1. The highest BCUT2D eigenvalue weighted by Gasteiger charge is 2.23. The highest BCUT2D eigenvalue weighted by atomic mass is 79.9. The molecule has 0 fully saturated rings. The van der Waals surface area contributed by atoms with E-state index < -0.39 is 6.10 Å². The van der Waals surface area contributed by atoms with Crippen molar-refractivity contribution in [1.29, 1.82) is 0 Å². The molecule has 24 heavy (non-hydrogen) atoms. The van der Waals surface area contributed by atoms with Crippen LogP contribution in [0.4, 0.5) is 5.13 Å². The fourth-order valence-electron chi connectivity index (χ4n) is 2.02. The second kappa shape index (κ2) is 7.92. The van der Waals surface area contributed by atoms with Gasteiger partial charge in [0.1, 0.15) is 5.75 Å². The van der Waals surface area contributed by atoms with Crippen LogP contribution in [0.5, 0.6) is 5.75 Å². The van der Waals surface area contributed by atoms with E-state index in [1.54, 1.807) is 11.6 Å². The fourth-order valence-corrected chi connectivity index (χ4v) is 3.08. The molecule has 1 N–H and O–H groups in total. The van der Waals surface area contributed by atoms with Crippen molar-refractivity contribution < 1.29 is 9.53 Å². The van der Waals surface area contributed by atoms with Crippen molar-refractivity contribution in [3.8, 4) is 5.75 Å². The van der Waals surface area contributed by atoms with E-state index >= 15 is 0 Å². The largest absolute Gasteiger partial charge is 0.476 e. The van der Waals surface area contributed by atoms with Gasteiger partial charge >= 0.3 is 0 Å². The first-order valence-corrected chi connectivity index (χ1v) is 9.46. The molecule has 0 bridgehead atoms. The number of benzene rings is 2. The predicted octanol–water partition coefficient (Wildman–Crippen LogP) is 5.43. The molecule has 0 spiro atoms. The molecular weight excluding hydrogens is 456 g/mol. The van der Waals surface area contributed by atoms with E-state index in [4.69, 9.17) is 4.74 Å². The van der Waals surface area contributed by atoms with Gasteiger partial charge in [-0.3, -0.25) is 10.1 Å². The molecular formula is C17H12Br2N2O2S. The summed E-state index contributed by atoms with van der Waals surface area (Å²) in [5, 5.41) is 5.14. The zero-order valence-corrected chi connectivity index (χ0v) is 16.3. The minimum atomic E-state index is -0.775. The third kappa shape index (κ3) is 4.43. The van der Waals surface area contributed by atoms with E-state index in [9.17, 15) is 4.79 Å². The standard InChI is InChI=1S/C17H12Br2N2O2S/c18-12-3-1-11(2-4-12)15(16(22)21-17-20-9-10-24-17)23-14-7-5-13(19)6-8-14/h1-10,15H,(H,20,21,22). The Hall–Kier alpha value is -1.70. The van der Waals surface area contributed by atoms with Gasteiger partial charge in [-0.05, 0) is 36.4 Å². The van der Waals surface area contributed by atoms with E-state index in [0.29, 0.717) is 10.9 Å². The molecule has 1 heterocycles. The number of amides is 1. The normalized spacial score (nSPS) is 11.8. The maximum absolute atomic E-state index is 12.7. The molecule has 7 heteroatoms. The molecule has 1 atom stereocenters. The van der Waals surface area contributed by atoms with E-state index in [1.807, 2.05) is 48.5 Å². The van der Waals surface area contributed by atoms with Gasteiger partial charge in [0.15, 0.2) is 5.13 Å². The van der Waals surface area contributed by atoms with Crippen LogP contribution in [0.15, 0.2) is 69.1 Å². The van der Waals surface area contributed by atoms with Crippen molar-refractivity contribution in [2.45, 2.75) is 6.10 Å². The first-order chi connectivity index (χ1) is 11.6. The van der Waals surface area contributed by atoms with Crippen molar-refractivity contribution in [3.05, 3.63) is 74.6 Å². The van der Waals surface area contributed by atoms with E-state index in [0.717, 1.165) is 14.5 Å². The molecule has 1 aromatic heterocycles. The maximum atomic E-state index is 12.7. The van der Waals surface area contributed by atoms with Crippen LogP contribution in [0.1, 0.15) is 11.7 Å². The van der Waals surface area contributed by atoms with Crippen LogP contribution in [-0.2, 0) is 4.79 Å². The van der Waals surface area contributed by atoms with Crippen LogP contribution in [0.2, 0.25) is 0 Å². The average Bonchev–Trinajstić information content (AvgIpc) is 3.08. The van der Waals surface area contributed by atoms with Crippen LogP contribution in [0.25, 0.3) is 0 Å². The topological polar surface area (TPSA) is 51.2 Å². The molecule has 3 aromatic rings. The summed E-state index contributed by atoms with van der Waals surface area (Å²) < 4.78 is 7.82. The van der Waals surface area contributed by atoms with E-state index in [2.05, 4.69) is 42.2 Å². The summed E-state index contributed by atoms with van der Waals surface area (Å²) in [7, 11) is 0. The van der Waals surface area contributed by atoms with E-state index in [-0.39, 0.29) is 5.91 Å². The van der Waals surface area contributed by atoms with Crippen molar-refractivity contribution in [2.75, 3.05) is 5.32 Å². The first kappa shape index (κ1) is 17.1. The Kier molecular flexibility index (Phi) is 5.65. The second-order valence-corrected chi connectivity index (χ2v) is 7.56. The van der Waals surface area contributed by atoms with Gasteiger partial charge in [-0.2, -0.15) is 0 Å². The molecule has 0 saturated heterocycles. The van der Waals surface area contributed by atoms with Gasteiger partial charge in [-0.25, -0.2) is 4.98 Å². The number of aromatic nitrogens is 1. The van der Waals surface area contributed by atoms with Crippen molar-refractivity contribution in [3.63, 3.8) is 0 Å². The van der Waals surface area contributed by atoms with Gasteiger partial charge < -0.3 is 4.74 Å². The summed E-state index contributed by atoms with van der Waals surface area (Å²) in [4.78, 5) is 16.8. The van der Waals surface area contributed by atoms with Gasteiger partial charge in [-0.15, -0.1) is 11.3 Å². The second-order valence-electron chi connectivity index (χ2n) is 4.83. The zero-order chi connectivity index (χ0) is 16.9. The molecule has 3 rings (SSSR count). The van der Waals surface area contributed by atoms with Crippen molar-refractivity contribution in [2.24, 2.45) is 0 Å². The summed E-state index contributed by atoms with van der Waals surface area (Å²) in [6.45, 7) is 0. The number of rotatable bonds is 5.